The Bertz CT molecular complexity index is 670. The summed E-state index contributed by atoms with van der Waals surface area (Å²) in [5, 5.41) is 0. The van der Waals surface area contributed by atoms with Gasteiger partial charge in [0.25, 0.3) is 0 Å². The van der Waals surface area contributed by atoms with E-state index in [2.05, 4.69) is 0 Å². The summed E-state index contributed by atoms with van der Waals surface area (Å²) in [7, 11) is -3.43. The van der Waals surface area contributed by atoms with Crippen molar-refractivity contribution in [3.05, 3.63) is 35.4 Å². The van der Waals surface area contributed by atoms with Crippen molar-refractivity contribution in [1.82, 2.24) is 4.31 Å². The quantitative estimate of drug-likeness (QED) is 0.874. The summed E-state index contributed by atoms with van der Waals surface area (Å²) in [6.07, 6.45) is -3.40. The standard InChI is InChI=1S/C16H23F3N2O2S/c1-15(2)14(8-10-21(15)24(22,23)11-3-9-20)12-4-6-13(7-5-12)16(17,18)19/h4-7,14H,3,8-11,20H2,1-2H3. The van der Waals surface area contributed by atoms with Crippen LogP contribution in [0, 0.1) is 0 Å². The van der Waals surface area contributed by atoms with Crippen LogP contribution in [0.5, 0.6) is 0 Å². The van der Waals surface area contributed by atoms with Crippen LogP contribution >= 0.6 is 0 Å². The highest BCUT2D eigenvalue weighted by molar-refractivity contribution is 7.89. The first-order valence-corrected chi connectivity index (χ1v) is 9.49. The monoisotopic (exact) mass is 364 g/mol. The molecule has 136 valence electrons. The Balaban J connectivity index is 2.25. The Labute approximate surface area is 140 Å². The first-order chi connectivity index (χ1) is 11.0. The molecule has 1 aromatic rings. The molecule has 0 radical (unpaired) electrons. The minimum atomic E-state index is -4.37. The van der Waals surface area contributed by atoms with E-state index in [0.717, 1.165) is 17.7 Å². The van der Waals surface area contributed by atoms with Crippen molar-refractivity contribution in [2.24, 2.45) is 5.73 Å². The maximum atomic E-state index is 12.7. The molecule has 4 nitrogen and oxygen atoms in total. The second-order valence-electron chi connectivity index (χ2n) is 6.65. The third kappa shape index (κ3) is 3.75. The third-order valence-electron chi connectivity index (χ3n) is 4.70. The molecule has 1 aliphatic heterocycles. The van der Waals surface area contributed by atoms with Gasteiger partial charge in [-0.3, -0.25) is 0 Å². The highest BCUT2D eigenvalue weighted by atomic mass is 32.2. The van der Waals surface area contributed by atoms with Gasteiger partial charge in [0.15, 0.2) is 0 Å². The molecule has 0 bridgehead atoms. The van der Waals surface area contributed by atoms with Crippen LogP contribution in [0.15, 0.2) is 24.3 Å². The lowest BCUT2D eigenvalue weighted by Gasteiger charge is -2.35. The second kappa shape index (κ2) is 6.65. The van der Waals surface area contributed by atoms with Gasteiger partial charge in [-0.2, -0.15) is 17.5 Å². The van der Waals surface area contributed by atoms with E-state index >= 15 is 0 Å². The van der Waals surface area contributed by atoms with Gasteiger partial charge < -0.3 is 5.73 Å². The minimum Gasteiger partial charge on any atom is -0.330 e. The number of rotatable bonds is 5. The van der Waals surface area contributed by atoms with Crippen molar-refractivity contribution in [2.75, 3.05) is 18.8 Å². The molecule has 2 rings (SSSR count). The van der Waals surface area contributed by atoms with Gasteiger partial charge >= 0.3 is 6.18 Å². The van der Waals surface area contributed by atoms with Gasteiger partial charge in [0.1, 0.15) is 0 Å². The van der Waals surface area contributed by atoms with Crippen molar-refractivity contribution in [1.29, 1.82) is 0 Å². The summed E-state index contributed by atoms with van der Waals surface area (Å²) < 4.78 is 64.5. The van der Waals surface area contributed by atoms with Crippen molar-refractivity contribution in [2.45, 2.75) is 44.3 Å². The Kier molecular flexibility index (Phi) is 5.32. The zero-order valence-corrected chi connectivity index (χ0v) is 14.6. The predicted molar refractivity (Wildman–Crippen MR) is 87.0 cm³/mol. The smallest absolute Gasteiger partial charge is 0.330 e. The molecule has 1 aromatic carbocycles. The zero-order chi connectivity index (χ0) is 18.2. The molecule has 1 fully saturated rings. The topological polar surface area (TPSA) is 63.4 Å². The second-order valence-corrected chi connectivity index (χ2v) is 8.66. The third-order valence-corrected chi connectivity index (χ3v) is 6.83. The lowest BCUT2D eigenvalue weighted by atomic mass is 9.83. The molecule has 0 amide bonds. The highest BCUT2D eigenvalue weighted by Gasteiger charge is 2.47. The molecule has 1 unspecified atom stereocenters. The number of halogens is 3. The summed E-state index contributed by atoms with van der Waals surface area (Å²) in [5.74, 6) is -0.153. The fraction of sp³-hybridized carbons (Fsp3) is 0.625. The van der Waals surface area contributed by atoms with Crippen LogP contribution in [-0.2, 0) is 16.2 Å². The van der Waals surface area contributed by atoms with Crippen LogP contribution in [0.25, 0.3) is 0 Å². The van der Waals surface area contributed by atoms with E-state index in [0.29, 0.717) is 25.9 Å². The molecule has 1 heterocycles. The lowest BCUT2D eigenvalue weighted by molar-refractivity contribution is -0.137. The van der Waals surface area contributed by atoms with Crippen LogP contribution in [0.4, 0.5) is 13.2 Å². The van der Waals surface area contributed by atoms with E-state index in [1.807, 2.05) is 13.8 Å². The van der Waals surface area contributed by atoms with Crippen LogP contribution in [0.2, 0.25) is 0 Å². The molecule has 0 aromatic heterocycles. The molecular formula is C16H23F3N2O2S. The van der Waals surface area contributed by atoms with Gasteiger partial charge in [0.05, 0.1) is 11.3 Å². The fourth-order valence-corrected chi connectivity index (χ4v) is 5.39. The lowest BCUT2D eigenvalue weighted by Crippen LogP contribution is -2.46. The van der Waals surface area contributed by atoms with Gasteiger partial charge in [-0.05, 0) is 50.9 Å². The first-order valence-electron chi connectivity index (χ1n) is 7.88. The average Bonchev–Trinajstić information content (AvgIpc) is 2.80. The molecule has 2 N–H and O–H groups in total. The van der Waals surface area contributed by atoms with E-state index < -0.39 is 27.3 Å². The zero-order valence-electron chi connectivity index (χ0n) is 13.8. The number of hydrogen-bond donors (Lipinski definition) is 1. The maximum Gasteiger partial charge on any atom is 0.416 e. The average molecular weight is 364 g/mol. The number of alkyl halides is 3. The highest BCUT2D eigenvalue weighted by Crippen LogP contribution is 2.44. The first kappa shape index (κ1) is 19.2. The predicted octanol–water partition coefficient (Wildman–Crippen LogP) is 2.95. The van der Waals surface area contributed by atoms with E-state index in [-0.39, 0.29) is 11.7 Å². The maximum absolute atomic E-state index is 12.7. The molecular weight excluding hydrogens is 341 g/mol. The Hall–Kier alpha value is -1.12. The number of benzene rings is 1. The molecule has 1 aliphatic rings. The largest absolute Gasteiger partial charge is 0.416 e. The van der Waals surface area contributed by atoms with E-state index in [4.69, 9.17) is 5.73 Å². The SMILES string of the molecule is CC1(C)C(c2ccc(C(F)(F)F)cc2)CCN1S(=O)(=O)CCCN. The van der Waals surface area contributed by atoms with Gasteiger partial charge in [-0.25, -0.2) is 8.42 Å². The minimum absolute atomic E-state index is 0.00728. The van der Waals surface area contributed by atoms with Crippen LogP contribution in [0.1, 0.15) is 43.7 Å². The summed E-state index contributed by atoms with van der Waals surface area (Å²) in [5.41, 5.74) is 4.73. The molecule has 8 heteroatoms. The molecule has 1 saturated heterocycles. The van der Waals surface area contributed by atoms with Gasteiger partial charge in [-0.1, -0.05) is 12.1 Å². The van der Waals surface area contributed by atoms with E-state index in [1.54, 1.807) is 0 Å². The van der Waals surface area contributed by atoms with E-state index in [1.165, 1.54) is 16.4 Å². The van der Waals surface area contributed by atoms with Crippen molar-refractivity contribution < 1.29 is 21.6 Å². The number of nitrogens with zero attached hydrogens (tertiary/aromatic N) is 1. The molecule has 1 atom stereocenters. The molecule has 0 saturated carbocycles. The summed E-state index contributed by atoms with van der Waals surface area (Å²) in [6, 6.07) is 5.00. The van der Waals surface area contributed by atoms with Gasteiger partial charge in [-0.15, -0.1) is 0 Å². The number of sulfonamides is 1. The Morgan fingerprint density at radius 1 is 1.25 bits per heavy atom. The Morgan fingerprint density at radius 3 is 2.33 bits per heavy atom. The fourth-order valence-electron chi connectivity index (χ4n) is 3.41. The van der Waals surface area contributed by atoms with Crippen LogP contribution < -0.4 is 5.73 Å². The van der Waals surface area contributed by atoms with Crippen LogP contribution in [0.3, 0.4) is 0 Å². The summed E-state index contributed by atoms with van der Waals surface area (Å²) in [4.78, 5) is 0. The van der Waals surface area contributed by atoms with E-state index in [9.17, 15) is 21.6 Å². The normalized spacial score (nSPS) is 22.0. The van der Waals surface area contributed by atoms with Crippen molar-refractivity contribution >= 4 is 10.0 Å². The molecule has 24 heavy (non-hydrogen) atoms. The van der Waals surface area contributed by atoms with Gasteiger partial charge in [0, 0.05) is 18.0 Å². The van der Waals surface area contributed by atoms with Crippen molar-refractivity contribution in [3.63, 3.8) is 0 Å². The summed E-state index contributed by atoms with van der Waals surface area (Å²) >= 11 is 0. The molecule has 0 spiro atoms. The Morgan fingerprint density at radius 2 is 1.83 bits per heavy atom. The molecule has 0 aliphatic carbocycles. The number of hydrogen-bond acceptors (Lipinski definition) is 3. The summed E-state index contributed by atoms with van der Waals surface area (Å²) in [6.45, 7) is 4.31. The number of nitrogens with two attached hydrogens (primary N) is 1. The van der Waals surface area contributed by atoms with Gasteiger partial charge in [0.2, 0.25) is 10.0 Å². The van der Waals surface area contributed by atoms with Crippen molar-refractivity contribution in [3.8, 4) is 0 Å². The van der Waals surface area contributed by atoms with Crippen LogP contribution in [-0.4, -0.2) is 37.1 Å².